The van der Waals surface area contributed by atoms with Gasteiger partial charge in [0.2, 0.25) is 0 Å². The first-order chi connectivity index (χ1) is 8.31. The number of piperidine rings is 1. The number of aryl methyl sites for hydroxylation is 1. The van der Waals surface area contributed by atoms with Crippen molar-refractivity contribution in [2.24, 2.45) is 11.7 Å². The van der Waals surface area contributed by atoms with E-state index in [-0.39, 0.29) is 0 Å². The highest BCUT2D eigenvalue weighted by molar-refractivity contribution is 7.11. The van der Waals surface area contributed by atoms with E-state index >= 15 is 0 Å². The van der Waals surface area contributed by atoms with Crippen molar-refractivity contribution in [3.05, 3.63) is 21.9 Å². The van der Waals surface area contributed by atoms with Gasteiger partial charge >= 0.3 is 0 Å². The van der Waals surface area contributed by atoms with Gasteiger partial charge in [-0.05, 0) is 63.4 Å². The molecule has 0 bridgehead atoms. The number of thiophene rings is 1. The van der Waals surface area contributed by atoms with Gasteiger partial charge in [-0.3, -0.25) is 4.90 Å². The molecule has 2 nitrogen and oxygen atoms in total. The first-order valence-electron chi connectivity index (χ1n) is 6.81. The Bertz CT molecular complexity index is 327. The second-order valence-corrected chi connectivity index (χ2v) is 6.27. The number of nitrogens with two attached hydrogens (primary N) is 1. The number of hydrogen-bond donors (Lipinski definition) is 1. The van der Waals surface area contributed by atoms with Crippen molar-refractivity contribution in [3.63, 3.8) is 0 Å². The maximum Gasteiger partial charge on any atom is 0.0328 e. The molecule has 2 heterocycles. The van der Waals surface area contributed by atoms with E-state index in [0.29, 0.717) is 0 Å². The second kappa shape index (κ2) is 6.53. The largest absolute Gasteiger partial charge is 0.330 e. The van der Waals surface area contributed by atoms with Crippen LogP contribution in [0.25, 0.3) is 0 Å². The third kappa shape index (κ3) is 3.80. The van der Waals surface area contributed by atoms with Gasteiger partial charge in [0, 0.05) is 16.3 Å². The summed E-state index contributed by atoms with van der Waals surface area (Å²) in [7, 11) is 0. The van der Waals surface area contributed by atoms with Crippen molar-refractivity contribution in [2.45, 2.75) is 39.2 Å². The molecule has 3 heteroatoms. The molecule has 1 saturated heterocycles. The maximum atomic E-state index is 5.62. The molecule has 0 amide bonds. The van der Waals surface area contributed by atoms with Gasteiger partial charge in [0.15, 0.2) is 0 Å². The van der Waals surface area contributed by atoms with E-state index in [4.69, 9.17) is 5.73 Å². The highest BCUT2D eigenvalue weighted by Crippen LogP contribution is 2.24. The smallest absolute Gasteiger partial charge is 0.0328 e. The van der Waals surface area contributed by atoms with E-state index in [1.807, 2.05) is 11.3 Å². The average Bonchev–Trinajstić information content (AvgIpc) is 2.80. The van der Waals surface area contributed by atoms with Gasteiger partial charge in [0.05, 0.1) is 0 Å². The van der Waals surface area contributed by atoms with Gasteiger partial charge in [-0.2, -0.15) is 0 Å². The van der Waals surface area contributed by atoms with E-state index in [1.165, 1.54) is 48.5 Å². The maximum absolute atomic E-state index is 5.62. The SMILES string of the molecule is CCc1ccc(CN2CCC(CCN)CC2)s1. The first kappa shape index (κ1) is 13.1. The minimum atomic E-state index is 0.857. The molecule has 1 fully saturated rings. The zero-order valence-electron chi connectivity index (χ0n) is 10.8. The zero-order chi connectivity index (χ0) is 12.1. The molecule has 0 aliphatic carbocycles. The summed E-state index contributed by atoms with van der Waals surface area (Å²) < 4.78 is 0. The van der Waals surface area contributed by atoms with E-state index in [2.05, 4.69) is 24.0 Å². The van der Waals surface area contributed by atoms with Crippen LogP contribution in [0, 0.1) is 5.92 Å². The van der Waals surface area contributed by atoms with Crippen LogP contribution in [-0.4, -0.2) is 24.5 Å². The van der Waals surface area contributed by atoms with Crippen LogP contribution in [-0.2, 0) is 13.0 Å². The van der Waals surface area contributed by atoms with Crippen molar-refractivity contribution >= 4 is 11.3 Å². The Balaban J connectivity index is 1.77. The Labute approximate surface area is 109 Å². The summed E-state index contributed by atoms with van der Waals surface area (Å²) in [5.74, 6) is 0.880. The lowest BCUT2D eigenvalue weighted by Gasteiger charge is -2.31. The van der Waals surface area contributed by atoms with Crippen LogP contribution in [0.1, 0.15) is 35.9 Å². The van der Waals surface area contributed by atoms with Gasteiger partial charge in [0.25, 0.3) is 0 Å². The Morgan fingerprint density at radius 3 is 2.59 bits per heavy atom. The van der Waals surface area contributed by atoms with Crippen LogP contribution in [0.4, 0.5) is 0 Å². The van der Waals surface area contributed by atoms with E-state index in [0.717, 1.165) is 19.0 Å². The minimum absolute atomic E-state index is 0.857. The Morgan fingerprint density at radius 1 is 1.29 bits per heavy atom. The van der Waals surface area contributed by atoms with Gasteiger partial charge in [0.1, 0.15) is 0 Å². The molecule has 1 aromatic heterocycles. The lowest BCUT2D eigenvalue weighted by atomic mass is 9.94. The molecule has 2 N–H and O–H groups in total. The number of rotatable bonds is 5. The summed E-state index contributed by atoms with van der Waals surface area (Å²) in [5, 5.41) is 0. The number of likely N-dealkylation sites (tertiary alicyclic amines) is 1. The molecule has 1 aliphatic rings. The molecular formula is C14H24N2S. The molecule has 0 spiro atoms. The summed E-state index contributed by atoms with van der Waals surface area (Å²) in [6.07, 6.45) is 5.06. The minimum Gasteiger partial charge on any atom is -0.330 e. The highest BCUT2D eigenvalue weighted by atomic mass is 32.1. The van der Waals surface area contributed by atoms with Crippen LogP contribution in [0.5, 0.6) is 0 Å². The summed E-state index contributed by atoms with van der Waals surface area (Å²) >= 11 is 1.98. The monoisotopic (exact) mass is 252 g/mol. The molecular weight excluding hydrogens is 228 g/mol. The predicted octanol–water partition coefficient (Wildman–Crippen LogP) is 2.87. The molecule has 96 valence electrons. The number of nitrogens with zero attached hydrogens (tertiary/aromatic N) is 1. The second-order valence-electron chi connectivity index (χ2n) is 5.02. The fraction of sp³-hybridized carbons (Fsp3) is 0.714. The summed E-state index contributed by atoms with van der Waals surface area (Å²) in [5.41, 5.74) is 5.62. The quantitative estimate of drug-likeness (QED) is 0.873. The van der Waals surface area contributed by atoms with Crippen molar-refractivity contribution < 1.29 is 0 Å². The summed E-state index contributed by atoms with van der Waals surface area (Å²) in [4.78, 5) is 5.63. The summed E-state index contributed by atoms with van der Waals surface area (Å²) in [6, 6.07) is 4.58. The molecule has 17 heavy (non-hydrogen) atoms. The third-order valence-corrected chi connectivity index (χ3v) is 4.94. The molecule has 0 unspecified atom stereocenters. The van der Waals surface area contributed by atoms with Crippen molar-refractivity contribution in [1.82, 2.24) is 4.90 Å². The van der Waals surface area contributed by atoms with Crippen LogP contribution in [0.15, 0.2) is 12.1 Å². The first-order valence-corrected chi connectivity index (χ1v) is 7.63. The van der Waals surface area contributed by atoms with Crippen LogP contribution >= 0.6 is 11.3 Å². The molecule has 0 radical (unpaired) electrons. The van der Waals surface area contributed by atoms with Gasteiger partial charge in [-0.25, -0.2) is 0 Å². The van der Waals surface area contributed by atoms with E-state index in [9.17, 15) is 0 Å². The molecule has 1 aliphatic heterocycles. The lowest BCUT2D eigenvalue weighted by molar-refractivity contribution is 0.175. The average molecular weight is 252 g/mol. The Morgan fingerprint density at radius 2 is 2.00 bits per heavy atom. The number of hydrogen-bond acceptors (Lipinski definition) is 3. The molecule has 2 rings (SSSR count). The van der Waals surface area contributed by atoms with E-state index < -0.39 is 0 Å². The van der Waals surface area contributed by atoms with Gasteiger partial charge < -0.3 is 5.73 Å². The molecule has 0 atom stereocenters. The molecule has 0 saturated carbocycles. The van der Waals surface area contributed by atoms with Crippen molar-refractivity contribution in [3.8, 4) is 0 Å². The predicted molar refractivity (Wildman–Crippen MR) is 75.4 cm³/mol. The van der Waals surface area contributed by atoms with Crippen LogP contribution in [0.3, 0.4) is 0 Å². The third-order valence-electron chi connectivity index (χ3n) is 3.73. The van der Waals surface area contributed by atoms with Crippen LogP contribution in [0.2, 0.25) is 0 Å². The van der Waals surface area contributed by atoms with Crippen molar-refractivity contribution in [2.75, 3.05) is 19.6 Å². The summed E-state index contributed by atoms with van der Waals surface area (Å²) in [6.45, 7) is 6.75. The molecule has 1 aromatic rings. The van der Waals surface area contributed by atoms with Gasteiger partial charge in [-0.15, -0.1) is 11.3 Å². The zero-order valence-corrected chi connectivity index (χ0v) is 11.6. The normalized spacial score (nSPS) is 18.7. The fourth-order valence-electron chi connectivity index (χ4n) is 2.59. The Kier molecular flexibility index (Phi) is 5.01. The Hall–Kier alpha value is -0.380. The fourth-order valence-corrected chi connectivity index (χ4v) is 3.59. The van der Waals surface area contributed by atoms with Crippen molar-refractivity contribution in [1.29, 1.82) is 0 Å². The lowest BCUT2D eigenvalue weighted by Crippen LogP contribution is -2.33. The van der Waals surface area contributed by atoms with Gasteiger partial charge in [-0.1, -0.05) is 6.92 Å². The van der Waals surface area contributed by atoms with E-state index in [1.54, 1.807) is 0 Å². The topological polar surface area (TPSA) is 29.3 Å². The standard InChI is InChI=1S/C14H24N2S/c1-2-13-3-4-14(17-13)11-16-9-6-12(5-8-15)7-10-16/h3-4,12H,2,5-11,15H2,1H3. The highest BCUT2D eigenvalue weighted by Gasteiger charge is 2.18. The van der Waals surface area contributed by atoms with Crippen LogP contribution < -0.4 is 5.73 Å². The molecule has 0 aromatic carbocycles.